The predicted octanol–water partition coefficient (Wildman–Crippen LogP) is 6.48. The molecule has 0 aliphatic carbocycles. The van der Waals surface area contributed by atoms with Gasteiger partial charge in [0.15, 0.2) is 0 Å². The molecule has 12 nitrogen and oxygen atoms in total. The molecule has 7 rings (SSSR count). The second kappa shape index (κ2) is 17.5. The normalized spacial score (nSPS) is 20.0. The Bertz CT molecular complexity index is 2020. The first-order chi connectivity index (χ1) is 27.1. The molecule has 0 spiro atoms. The number of halogens is 2. The van der Waals surface area contributed by atoms with Gasteiger partial charge in [0.2, 0.25) is 5.79 Å². The molecule has 2 saturated heterocycles. The Morgan fingerprint density at radius 2 is 1.57 bits per heavy atom. The third kappa shape index (κ3) is 9.44. The summed E-state index contributed by atoms with van der Waals surface area (Å²) in [7, 11) is 0. The molecule has 5 atom stereocenters. The Hall–Kier alpha value is -5.57. The quantitative estimate of drug-likeness (QED) is 0.117. The van der Waals surface area contributed by atoms with Crippen LogP contribution >= 0.6 is 0 Å². The van der Waals surface area contributed by atoms with Gasteiger partial charge >= 0.3 is 6.03 Å². The summed E-state index contributed by atoms with van der Waals surface area (Å²) in [4.78, 5) is 21.4. The molecule has 14 heteroatoms. The molecule has 2 aliphatic heterocycles. The van der Waals surface area contributed by atoms with E-state index in [-0.39, 0.29) is 49.5 Å². The van der Waals surface area contributed by atoms with Crippen LogP contribution in [0, 0.1) is 11.6 Å². The summed E-state index contributed by atoms with van der Waals surface area (Å²) in [6.07, 6.45) is 2.34. The second-order valence-corrected chi connectivity index (χ2v) is 14.3. The molecule has 0 saturated carbocycles. The van der Waals surface area contributed by atoms with Gasteiger partial charge in [-0.3, -0.25) is 0 Å². The number of urea groups is 1. The van der Waals surface area contributed by atoms with Crippen LogP contribution in [0.4, 0.5) is 30.6 Å². The number of amides is 2. The summed E-state index contributed by atoms with van der Waals surface area (Å²) in [5, 5.41) is 13.7. The number of rotatable bonds is 14. The molecular weight excluding hydrogens is 719 g/mol. The van der Waals surface area contributed by atoms with Gasteiger partial charge in [-0.2, -0.15) is 5.10 Å². The number of nitrogens with zero attached hydrogens (tertiary/aromatic N) is 5. The largest absolute Gasteiger partial charge is 0.491 e. The maximum Gasteiger partial charge on any atom is 0.319 e. The summed E-state index contributed by atoms with van der Waals surface area (Å²) < 4.78 is 48.5. The van der Waals surface area contributed by atoms with Gasteiger partial charge in [0, 0.05) is 73.0 Å². The molecular formula is C42H48F2N8O4. The molecule has 56 heavy (non-hydrogen) atoms. The standard InChI is InChI=1S/C42H48F2N8O4/c1-29(47-31(3)32-7-5-4-6-8-32)30(2)48-41(53)49-34-10-12-35(13-11-34)50-19-21-51(22-20-50)36-14-16-37(17-15-36)54-24-38-25-55-42(56-38,26-52-28-45-27-46-52)39-18-9-33(43)23-40(39)44/h4-18,23,27-31,38,47H,19-22,24-26H2,1-3H3,(H2,48,49,53). The predicted molar refractivity (Wildman–Crippen MR) is 211 cm³/mol. The molecule has 294 valence electrons. The Morgan fingerprint density at radius 1 is 0.893 bits per heavy atom. The van der Waals surface area contributed by atoms with Crippen LogP contribution in [0.3, 0.4) is 0 Å². The second-order valence-electron chi connectivity index (χ2n) is 14.3. The highest BCUT2D eigenvalue weighted by Crippen LogP contribution is 2.38. The van der Waals surface area contributed by atoms with Crippen LogP contribution in [0.15, 0.2) is 110 Å². The van der Waals surface area contributed by atoms with Gasteiger partial charge in [-0.15, -0.1) is 0 Å². The van der Waals surface area contributed by atoms with Crippen molar-refractivity contribution in [2.45, 2.75) is 57.3 Å². The summed E-state index contributed by atoms with van der Waals surface area (Å²) >= 11 is 0. The van der Waals surface area contributed by atoms with Gasteiger partial charge < -0.3 is 40.0 Å². The number of anilines is 3. The number of aromatic nitrogens is 3. The minimum atomic E-state index is -1.52. The first-order valence-corrected chi connectivity index (χ1v) is 19.0. The van der Waals surface area contributed by atoms with Gasteiger partial charge in [0.25, 0.3) is 0 Å². The van der Waals surface area contributed by atoms with Crippen LogP contribution in [-0.2, 0) is 21.8 Å². The average Bonchev–Trinajstić information content (AvgIpc) is 3.88. The fourth-order valence-corrected chi connectivity index (χ4v) is 7.08. The van der Waals surface area contributed by atoms with Crippen molar-refractivity contribution in [1.29, 1.82) is 0 Å². The molecule has 0 radical (unpaired) electrons. The summed E-state index contributed by atoms with van der Waals surface area (Å²) in [6.45, 7) is 9.92. The summed E-state index contributed by atoms with van der Waals surface area (Å²) in [5.74, 6) is -2.31. The first kappa shape index (κ1) is 38.7. The summed E-state index contributed by atoms with van der Waals surface area (Å²) in [5.41, 5.74) is 4.21. The van der Waals surface area contributed by atoms with E-state index in [1.165, 1.54) is 35.0 Å². The van der Waals surface area contributed by atoms with E-state index in [9.17, 15) is 13.6 Å². The van der Waals surface area contributed by atoms with Gasteiger partial charge in [-0.25, -0.2) is 23.2 Å². The molecule has 1 aromatic heterocycles. The fourth-order valence-electron chi connectivity index (χ4n) is 7.08. The maximum absolute atomic E-state index is 14.9. The Morgan fingerprint density at radius 3 is 2.21 bits per heavy atom. The van der Waals surface area contributed by atoms with Crippen LogP contribution in [0.2, 0.25) is 0 Å². The number of hydrogen-bond acceptors (Lipinski definition) is 9. The van der Waals surface area contributed by atoms with E-state index in [1.807, 2.05) is 73.7 Å². The van der Waals surface area contributed by atoms with Crippen LogP contribution in [0.25, 0.3) is 0 Å². The number of hydrogen-bond donors (Lipinski definition) is 3. The number of benzene rings is 4. The number of ether oxygens (including phenoxy) is 3. The van der Waals surface area contributed by atoms with Crippen molar-refractivity contribution >= 4 is 23.1 Å². The van der Waals surface area contributed by atoms with Gasteiger partial charge in [0.1, 0.15) is 49.3 Å². The van der Waals surface area contributed by atoms with E-state index >= 15 is 0 Å². The molecule has 5 aromatic rings. The van der Waals surface area contributed by atoms with E-state index < -0.39 is 23.5 Å². The zero-order valence-corrected chi connectivity index (χ0v) is 31.8. The van der Waals surface area contributed by atoms with Gasteiger partial charge in [-0.05, 0) is 87.0 Å². The fraction of sp³-hybridized carbons (Fsp3) is 0.357. The zero-order valence-electron chi connectivity index (χ0n) is 31.8. The highest BCUT2D eigenvalue weighted by Gasteiger charge is 2.46. The molecule has 2 amide bonds. The Labute approximate surface area is 325 Å². The van der Waals surface area contributed by atoms with E-state index in [0.29, 0.717) is 5.75 Å². The lowest BCUT2D eigenvalue weighted by atomic mass is 10.0. The smallest absolute Gasteiger partial charge is 0.319 e. The molecule has 0 bridgehead atoms. The van der Waals surface area contributed by atoms with Crippen LogP contribution in [0.1, 0.15) is 37.9 Å². The van der Waals surface area contributed by atoms with Crippen molar-refractivity contribution in [2.75, 3.05) is 54.5 Å². The minimum Gasteiger partial charge on any atom is -0.491 e. The molecule has 2 aliphatic rings. The van der Waals surface area contributed by atoms with E-state index in [4.69, 9.17) is 14.2 Å². The van der Waals surface area contributed by atoms with Gasteiger partial charge in [-0.1, -0.05) is 30.3 Å². The van der Waals surface area contributed by atoms with Crippen LogP contribution < -0.4 is 30.5 Å². The average molecular weight is 767 g/mol. The lowest BCUT2D eigenvalue weighted by Crippen LogP contribution is -2.48. The third-order valence-corrected chi connectivity index (χ3v) is 10.4. The lowest BCUT2D eigenvalue weighted by molar-refractivity contribution is -0.192. The molecule has 2 fully saturated rings. The monoisotopic (exact) mass is 766 g/mol. The van der Waals surface area contributed by atoms with Crippen molar-refractivity contribution in [3.8, 4) is 5.75 Å². The van der Waals surface area contributed by atoms with Crippen molar-refractivity contribution in [1.82, 2.24) is 25.4 Å². The van der Waals surface area contributed by atoms with E-state index in [2.05, 4.69) is 61.8 Å². The Balaban J connectivity index is 0.851. The first-order valence-electron chi connectivity index (χ1n) is 19.0. The third-order valence-electron chi connectivity index (χ3n) is 10.4. The Kier molecular flexibility index (Phi) is 12.1. The lowest BCUT2D eigenvalue weighted by Gasteiger charge is -2.37. The van der Waals surface area contributed by atoms with Crippen molar-refractivity contribution in [3.05, 3.63) is 132 Å². The molecule has 3 N–H and O–H groups in total. The van der Waals surface area contributed by atoms with Crippen LogP contribution in [-0.4, -0.2) is 78.4 Å². The molecule has 3 heterocycles. The number of piperazine rings is 1. The number of carbonyl (C=O) groups excluding carboxylic acids is 1. The van der Waals surface area contributed by atoms with Crippen LogP contribution in [0.5, 0.6) is 5.75 Å². The van der Waals surface area contributed by atoms with E-state index in [1.54, 1.807) is 0 Å². The highest BCUT2D eigenvalue weighted by molar-refractivity contribution is 5.89. The van der Waals surface area contributed by atoms with Crippen molar-refractivity contribution in [2.24, 2.45) is 0 Å². The van der Waals surface area contributed by atoms with Crippen molar-refractivity contribution in [3.63, 3.8) is 0 Å². The minimum absolute atomic E-state index is 0.0301. The SMILES string of the molecule is CC(NC(C)C(C)NC(=O)Nc1ccc(N2CCN(c3ccc(OCC4COC(Cn5cncn5)(c5ccc(F)cc5F)O4)cc3)CC2)cc1)c1ccccc1. The molecule has 5 unspecified atom stereocenters. The van der Waals surface area contributed by atoms with Gasteiger partial charge in [0.05, 0.1) is 6.61 Å². The zero-order chi connectivity index (χ0) is 39.1. The highest BCUT2D eigenvalue weighted by atomic mass is 19.1. The maximum atomic E-state index is 14.9. The molecule has 4 aromatic carbocycles. The van der Waals surface area contributed by atoms with E-state index in [0.717, 1.165) is 49.3 Å². The number of carbonyl (C=O) groups is 1. The topological polar surface area (TPSA) is 118 Å². The summed E-state index contributed by atoms with van der Waals surface area (Å²) in [6, 6.07) is 29.4. The van der Waals surface area contributed by atoms with Crippen molar-refractivity contribution < 1.29 is 27.8 Å². The number of nitrogens with one attached hydrogen (secondary N) is 3.